The summed E-state index contributed by atoms with van der Waals surface area (Å²) in [5.74, 6) is 1.04. The quantitative estimate of drug-likeness (QED) is 0.584. The second-order valence-corrected chi connectivity index (χ2v) is 7.14. The Morgan fingerprint density at radius 2 is 1.79 bits per heavy atom. The van der Waals surface area contributed by atoms with E-state index < -0.39 is 5.60 Å². The monoisotopic (exact) mass is 389 g/mol. The second-order valence-electron chi connectivity index (χ2n) is 7.14. The summed E-state index contributed by atoms with van der Waals surface area (Å²) < 4.78 is 14.1. The smallest absolute Gasteiger partial charge is 0.349 e. The molecule has 154 valence electrons. The zero-order valence-electron chi connectivity index (χ0n) is 17.5. The molecule has 1 aromatic carbocycles. The van der Waals surface area contributed by atoms with Crippen molar-refractivity contribution in [1.82, 2.24) is 14.3 Å². The first kappa shape index (κ1) is 21.7. The zero-order valence-corrected chi connectivity index (χ0v) is 17.5. The van der Waals surface area contributed by atoms with Crippen LogP contribution in [0, 0.1) is 0 Å². The molecule has 0 atom stereocenters. The molecule has 0 saturated heterocycles. The van der Waals surface area contributed by atoms with Crippen molar-refractivity contribution in [3.63, 3.8) is 0 Å². The Morgan fingerprint density at radius 3 is 2.36 bits per heavy atom. The van der Waals surface area contributed by atoms with Crippen LogP contribution in [0.4, 0.5) is 0 Å². The number of carbonyl (C=O) groups excluding carboxylic acids is 1. The lowest BCUT2D eigenvalue weighted by Gasteiger charge is -2.24. The molecule has 0 bridgehead atoms. The van der Waals surface area contributed by atoms with Gasteiger partial charge in [-0.2, -0.15) is 5.10 Å². The van der Waals surface area contributed by atoms with Crippen LogP contribution in [0.25, 0.3) is 0 Å². The predicted octanol–water partition coefficient (Wildman–Crippen LogP) is 2.98. The number of esters is 1. The fraction of sp³-hybridized carbons (Fsp3) is 0.571. The summed E-state index contributed by atoms with van der Waals surface area (Å²) in [7, 11) is 0. The minimum absolute atomic E-state index is 0.0377. The number of ether oxygens (including phenoxy) is 2. The van der Waals surface area contributed by atoms with E-state index >= 15 is 0 Å². The van der Waals surface area contributed by atoms with Crippen LogP contribution in [0.2, 0.25) is 0 Å². The van der Waals surface area contributed by atoms with Crippen molar-refractivity contribution >= 4 is 5.97 Å². The maximum absolute atomic E-state index is 12.3. The largest absolute Gasteiger partial charge is 0.476 e. The highest BCUT2D eigenvalue weighted by Crippen LogP contribution is 2.20. The first-order chi connectivity index (χ1) is 13.3. The molecule has 0 aliphatic carbocycles. The van der Waals surface area contributed by atoms with Crippen LogP contribution in [0.1, 0.15) is 52.4 Å². The molecule has 0 aliphatic heterocycles. The van der Waals surface area contributed by atoms with Crippen molar-refractivity contribution in [2.75, 3.05) is 6.61 Å². The van der Waals surface area contributed by atoms with Gasteiger partial charge in [0.05, 0.1) is 6.61 Å². The molecule has 7 heteroatoms. The summed E-state index contributed by atoms with van der Waals surface area (Å²) in [4.78, 5) is 24.3. The lowest BCUT2D eigenvalue weighted by molar-refractivity contribution is -0.158. The molecule has 0 radical (unpaired) electrons. The zero-order chi connectivity index (χ0) is 20.7. The number of aromatic nitrogens is 3. The Bertz CT molecular complexity index is 834. The normalized spacial score (nSPS) is 11.5. The van der Waals surface area contributed by atoms with Gasteiger partial charge < -0.3 is 9.47 Å². The number of hydrogen-bond acceptors (Lipinski definition) is 5. The summed E-state index contributed by atoms with van der Waals surface area (Å²) >= 11 is 0. The number of benzene rings is 1. The van der Waals surface area contributed by atoms with Crippen LogP contribution in [-0.4, -0.2) is 32.5 Å². The van der Waals surface area contributed by atoms with E-state index in [1.54, 1.807) is 25.3 Å². The molecule has 7 nitrogen and oxygen atoms in total. The molecule has 1 heterocycles. The van der Waals surface area contributed by atoms with Crippen molar-refractivity contribution in [3.8, 4) is 5.75 Å². The van der Waals surface area contributed by atoms with E-state index in [1.807, 2.05) is 31.2 Å². The fourth-order valence-corrected chi connectivity index (χ4v) is 2.95. The highest BCUT2D eigenvalue weighted by molar-refractivity contribution is 5.79. The summed E-state index contributed by atoms with van der Waals surface area (Å²) in [6, 6.07) is 7.63. The third-order valence-corrected chi connectivity index (χ3v) is 4.45. The molecule has 0 saturated carbocycles. The number of hydrogen-bond donors (Lipinski definition) is 0. The van der Waals surface area contributed by atoms with Gasteiger partial charge >= 0.3 is 11.7 Å². The number of carbonyl (C=O) groups is 1. The lowest BCUT2D eigenvalue weighted by Crippen LogP contribution is -2.39. The maximum atomic E-state index is 12.3. The van der Waals surface area contributed by atoms with Gasteiger partial charge in [0.25, 0.3) is 0 Å². The molecule has 0 fully saturated rings. The molecule has 0 N–H and O–H groups in total. The van der Waals surface area contributed by atoms with Crippen LogP contribution < -0.4 is 10.4 Å². The molecule has 0 amide bonds. The van der Waals surface area contributed by atoms with E-state index in [-0.39, 0.29) is 11.7 Å². The van der Waals surface area contributed by atoms with Gasteiger partial charge in [-0.3, -0.25) is 4.57 Å². The van der Waals surface area contributed by atoms with Crippen LogP contribution in [0.5, 0.6) is 5.75 Å². The Hall–Kier alpha value is -2.57. The van der Waals surface area contributed by atoms with Gasteiger partial charge in [0.1, 0.15) is 11.6 Å². The average molecular weight is 389 g/mol. The minimum atomic E-state index is -1.04. The van der Waals surface area contributed by atoms with E-state index in [0.29, 0.717) is 31.9 Å². The van der Waals surface area contributed by atoms with E-state index in [1.165, 1.54) is 4.68 Å². The van der Waals surface area contributed by atoms with Gasteiger partial charge in [-0.1, -0.05) is 19.1 Å². The highest BCUT2D eigenvalue weighted by atomic mass is 16.6. The summed E-state index contributed by atoms with van der Waals surface area (Å²) in [6.45, 7) is 10.7. The van der Waals surface area contributed by atoms with Crippen LogP contribution in [0.15, 0.2) is 29.1 Å². The van der Waals surface area contributed by atoms with Crippen LogP contribution in [0.3, 0.4) is 0 Å². The van der Waals surface area contributed by atoms with E-state index in [2.05, 4.69) is 12.0 Å². The molecular formula is C21H31N3O4. The molecular weight excluding hydrogens is 358 g/mol. The maximum Gasteiger partial charge on any atom is 0.349 e. The Kier molecular flexibility index (Phi) is 7.43. The third-order valence-electron chi connectivity index (χ3n) is 4.45. The number of nitrogens with zero attached hydrogens (tertiary/aromatic N) is 3. The first-order valence-electron chi connectivity index (χ1n) is 9.94. The molecule has 28 heavy (non-hydrogen) atoms. The Balaban J connectivity index is 2.04. The average Bonchev–Trinajstić information content (AvgIpc) is 2.97. The number of rotatable bonds is 10. The molecule has 0 aliphatic rings. The SMILES string of the molecule is CCCn1c(CCc2ccc(OC(C)(C)C(=O)OCC)cc2)nn(CC)c1=O. The van der Waals surface area contributed by atoms with Gasteiger partial charge in [-0.15, -0.1) is 0 Å². The summed E-state index contributed by atoms with van der Waals surface area (Å²) in [5, 5.41) is 4.46. The fourth-order valence-electron chi connectivity index (χ4n) is 2.95. The van der Waals surface area contributed by atoms with Crippen molar-refractivity contribution in [2.45, 2.75) is 72.6 Å². The van der Waals surface area contributed by atoms with E-state index in [4.69, 9.17) is 9.47 Å². The topological polar surface area (TPSA) is 75.3 Å². The third kappa shape index (κ3) is 5.24. The van der Waals surface area contributed by atoms with Crippen molar-refractivity contribution in [3.05, 3.63) is 46.1 Å². The molecule has 1 aromatic heterocycles. The molecule has 0 unspecified atom stereocenters. The number of aryl methyl sites for hydroxylation is 3. The van der Waals surface area contributed by atoms with Gasteiger partial charge in [0, 0.05) is 19.5 Å². The standard InChI is InChI=1S/C21H31N3O4/c1-6-15-23-18(22-24(7-2)20(23)26)14-11-16-9-12-17(13-10-16)28-21(4,5)19(25)27-8-3/h9-10,12-13H,6-8,11,14-15H2,1-5H3. The van der Waals surface area contributed by atoms with Gasteiger partial charge in [-0.05, 0) is 58.2 Å². The Labute approximate surface area is 166 Å². The van der Waals surface area contributed by atoms with Gasteiger partial charge in [0.15, 0.2) is 5.60 Å². The van der Waals surface area contributed by atoms with Crippen LogP contribution >= 0.6 is 0 Å². The predicted molar refractivity (Wildman–Crippen MR) is 108 cm³/mol. The summed E-state index contributed by atoms with van der Waals surface area (Å²) in [5.41, 5.74) is 0.0351. The first-order valence-corrected chi connectivity index (χ1v) is 9.94. The molecule has 0 spiro atoms. The minimum Gasteiger partial charge on any atom is -0.476 e. The second kappa shape index (κ2) is 9.57. The van der Waals surface area contributed by atoms with Gasteiger partial charge in [0.2, 0.25) is 0 Å². The van der Waals surface area contributed by atoms with Crippen molar-refractivity contribution in [2.24, 2.45) is 0 Å². The van der Waals surface area contributed by atoms with Crippen molar-refractivity contribution < 1.29 is 14.3 Å². The van der Waals surface area contributed by atoms with E-state index in [0.717, 1.165) is 24.2 Å². The Morgan fingerprint density at radius 1 is 1.11 bits per heavy atom. The van der Waals surface area contributed by atoms with Crippen molar-refractivity contribution in [1.29, 1.82) is 0 Å². The van der Waals surface area contributed by atoms with Gasteiger partial charge in [-0.25, -0.2) is 14.3 Å². The highest BCUT2D eigenvalue weighted by Gasteiger charge is 2.31. The molecule has 2 aromatic rings. The van der Waals surface area contributed by atoms with Crippen LogP contribution in [-0.2, 0) is 35.5 Å². The van der Waals surface area contributed by atoms with E-state index in [9.17, 15) is 9.59 Å². The lowest BCUT2D eigenvalue weighted by atomic mass is 10.1. The summed E-state index contributed by atoms with van der Waals surface area (Å²) in [6.07, 6.45) is 2.35. The molecule has 2 rings (SSSR count).